The lowest BCUT2D eigenvalue weighted by molar-refractivity contribution is 0.109. The predicted octanol–water partition coefficient (Wildman–Crippen LogP) is 2.09. The van der Waals surface area contributed by atoms with Gasteiger partial charge in [0.1, 0.15) is 5.75 Å². The lowest BCUT2D eigenvalue weighted by Crippen LogP contribution is -2.09. The van der Waals surface area contributed by atoms with Gasteiger partial charge in [-0.15, -0.1) is 0 Å². The van der Waals surface area contributed by atoms with Crippen LogP contribution in [0, 0.1) is 0 Å². The quantitative estimate of drug-likeness (QED) is 0.911. The minimum absolute atomic E-state index is 0.228. The molecule has 1 saturated heterocycles. The van der Waals surface area contributed by atoms with Gasteiger partial charge in [0.05, 0.1) is 12.5 Å². The van der Waals surface area contributed by atoms with Crippen molar-refractivity contribution in [3.05, 3.63) is 41.5 Å². The maximum Gasteiger partial charge on any atom is 0.231 e. The first-order valence-corrected chi connectivity index (χ1v) is 6.50. The van der Waals surface area contributed by atoms with E-state index in [9.17, 15) is 5.11 Å². The van der Waals surface area contributed by atoms with E-state index in [1.165, 1.54) is 0 Å². The van der Waals surface area contributed by atoms with Crippen LogP contribution in [0.15, 0.2) is 28.8 Å². The molecule has 2 aromatic rings. The number of phenols is 1. The lowest BCUT2D eigenvalue weighted by Gasteiger charge is -2.03. The van der Waals surface area contributed by atoms with Gasteiger partial charge < -0.3 is 14.4 Å². The fourth-order valence-corrected chi connectivity index (χ4v) is 2.29. The van der Waals surface area contributed by atoms with Crippen molar-refractivity contribution in [1.82, 2.24) is 10.1 Å². The highest BCUT2D eigenvalue weighted by molar-refractivity contribution is 5.28. The summed E-state index contributed by atoms with van der Waals surface area (Å²) in [6.07, 6.45) is 3.65. The maximum atomic E-state index is 9.40. The van der Waals surface area contributed by atoms with Crippen LogP contribution >= 0.6 is 0 Å². The molecule has 0 aliphatic carbocycles. The Kier molecular flexibility index (Phi) is 3.46. The molecule has 0 bridgehead atoms. The van der Waals surface area contributed by atoms with Crippen LogP contribution in [0.4, 0.5) is 0 Å². The van der Waals surface area contributed by atoms with Crippen LogP contribution in [-0.4, -0.2) is 28.0 Å². The first kappa shape index (κ1) is 12.2. The van der Waals surface area contributed by atoms with E-state index in [4.69, 9.17) is 9.26 Å². The Balaban J connectivity index is 1.64. The number of rotatable bonds is 4. The summed E-state index contributed by atoms with van der Waals surface area (Å²) in [5, 5.41) is 13.4. The molecule has 1 N–H and O–H groups in total. The first-order valence-electron chi connectivity index (χ1n) is 6.50. The summed E-state index contributed by atoms with van der Waals surface area (Å²) < 4.78 is 10.8. The molecule has 1 aromatic heterocycles. The molecule has 0 spiro atoms. The number of ether oxygens (including phenoxy) is 1. The zero-order chi connectivity index (χ0) is 13.1. The summed E-state index contributed by atoms with van der Waals surface area (Å²) in [7, 11) is 0. The van der Waals surface area contributed by atoms with Crippen molar-refractivity contribution in [2.45, 2.75) is 31.8 Å². The molecule has 1 unspecified atom stereocenters. The minimum atomic E-state index is 0.228. The number of nitrogens with zero attached hydrogens (tertiary/aromatic N) is 2. The molecule has 0 saturated carbocycles. The molecule has 0 amide bonds. The highest BCUT2D eigenvalue weighted by Gasteiger charge is 2.19. The number of aromatic hydroxyl groups is 1. The van der Waals surface area contributed by atoms with Gasteiger partial charge in [-0.1, -0.05) is 17.3 Å². The predicted molar refractivity (Wildman–Crippen MR) is 67.9 cm³/mol. The van der Waals surface area contributed by atoms with Crippen molar-refractivity contribution in [1.29, 1.82) is 0 Å². The van der Waals surface area contributed by atoms with Gasteiger partial charge >= 0.3 is 0 Å². The monoisotopic (exact) mass is 260 g/mol. The van der Waals surface area contributed by atoms with Crippen LogP contribution in [0.2, 0.25) is 0 Å². The van der Waals surface area contributed by atoms with Gasteiger partial charge in [0.2, 0.25) is 5.89 Å². The third kappa shape index (κ3) is 3.12. The Morgan fingerprint density at radius 2 is 2.32 bits per heavy atom. The van der Waals surface area contributed by atoms with Crippen LogP contribution in [0.1, 0.15) is 30.1 Å². The number of phenolic OH excluding ortho intramolecular Hbond substituents is 1. The second-order valence-corrected chi connectivity index (χ2v) is 4.79. The molecule has 5 heteroatoms. The van der Waals surface area contributed by atoms with E-state index in [2.05, 4.69) is 10.1 Å². The third-order valence-electron chi connectivity index (χ3n) is 3.21. The molecular weight excluding hydrogens is 244 g/mol. The molecule has 1 aliphatic rings. The molecule has 0 radical (unpaired) electrons. The van der Waals surface area contributed by atoms with Gasteiger partial charge in [-0.3, -0.25) is 0 Å². The van der Waals surface area contributed by atoms with Gasteiger partial charge in [0.25, 0.3) is 0 Å². The molecule has 3 rings (SSSR count). The Hall–Kier alpha value is -1.88. The summed E-state index contributed by atoms with van der Waals surface area (Å²) >= 11 is 0. The van der Waals surface area contributed by atoms with E-state index < -0.39 is 0 Å². The molecule has 2 heterocycles. The Bertz CT molecular complexity index is 547. The third-order valence-corrected chi connectivity index (χ3v) is 3.21. The maximum absolute atomic E-state index is 9.40. The van der Waals surface area contributed by atoms with Gasteiger partial charge in [-0.2, -0.15) is 4.98 Å². The van der Waals surface area contributed by atoms with Crippen LogP contribution < -0.4 is 0 Å². The van der Waals surface area contributed by atoms with Crippen molar-refractivity contribution >= 4 is 0 Å². The SMILES string of the molecule is Oc1cccc(Cc2nc(CC3CCCO3)no2)c1. The number of benzene rings is 1. The van der Waals surface area contributed by atoms with E-state index in [-0.39, 0.29) is 11.9 Å². The summed E-state index contributed by atoms with van der Waals surface area (Å²) in [5.41, 5.74) is 0.951. The lowest BCUT2D eigenvalue weighted by atomic mass is 10.1. The van der Waals surface area contributed by atoms with Crippen molar-refractivity contribution in [3.63, 3.8) is 0 Å². The topological polar surface area (TPSA) is 68.4 Å². The highest BCUT2D eigenvalue weighted by atomic mass is 16.5. The Morgan fingerprint density at radius 3 is 3.11 bits per heavy atom. The smallest absolute Gasteiger partial charge is 0.231 e. The zero-order valence-corrected chi connectivity index (χ0v) is 10.6. The minimum Gasteiger partial charge on any atom is -0.508 e. The average Bonchev–Trinajstić information content (AvgIpc) is 3.02. The fraction of sp³-hybridized carbons (Fsp3) is 0.429. The van der Waals surface area contributed by atoms with Gasteiger partial charge in [-0.05, 0) is 30.5 Å². The molecule has 100 valence electrons. The van der Waals surface area contributed by atoms with E-state index >= 15 is 0 Å². The zero-order valence-electron chi connectivity index (χ0n) is 10.6. The first-order chi connectivity index (χ1) is 9.29. The highest BCUT2D eigenvalue weighted by Crippen LogP contribution is 2.17. The molecule has 1 aromatic carbocycles. The average molecular weight is 260 g/mol. The molecule has 1 aliphatic heterocycles. The molecule has 1 fully saturated rings. The van der Waals surface area contributed by atoms with Crippen LogP contribution in [0.3, 0.4) is 0 Å². The molecular formula is C14H16N2O3. The Morgan fingerprint density at radius 1 is 1.37 bits per heavy atom. The fourth-order valence-electron chi connectivity index (χ4n) is 2.29. The van der Waals surface area contributed by atoms with Gasteiger partial charge in [0, 0.05) is 13.0 Å². The van der Waals surface area contributed by atoms with Crippen molar-refractivity contribution < 1.29 is 14.4 Å². The standard InChI is InChI=1S/C14H16N2O3/c17-11-4-1-3-10(7-11)8-14-15-13(16-19-14)9-12-5-2-6-18-12/h1,3-4,7,12,17H,2,5-6,8-9H2. The molecule has 5 nitrogen and oxygen atoms in total. The van der Waals surface area contributed by atoms with Crippen molar-refractivity contribution in [2.24, 2.45) is 0 Å². The summed E-state index contributed by atoms with van der Waals surface area (Å²) in [4.78, 5) is 4.36. The van der Waals surface area contributed by atoms with Crippen LogP contribution in [0.5, 0.6) is 5.75 Å². The molecule has 19 heavy (non-hydrogen) atoms. The molecule has 1 atom stereocenters. The summed E-state index contributed by atoms with van der Waals surface area (Å²) in [5.74, 6) is 1.51. The van der Waals surface area contributed by atoms with E-state index in [0.717, 1.165) is 25.0 Å². The second kappa shape index (κ2) is 5.40. The van der Waals surface area contributed by atoms with Gasteiger partial charge in [-0.25, -0.2) is 0 Å². The number of hydrogen-bond donors (Lipinski definition) is 1. The van der Waals surface area contributed by atoms with Crippen LogP contribution in [-0.2, 0) is 17.6 Å². The number of hydrogen-bond acceptors (Lipinski definition) is 5. The normalized spacial score (nSPS) is 18.8. The summed E-state index contributed by atoms with van der Waals surface area (Å²) in [6.45, 7) is 0.832. The number of aromatic nitrogens is 2. The summed E-state index contributed by atoms with van der Waals surface area (Å²) in [6, 6.07) is 7.06. The van der Waals surface area contributed by atoms with Gasteiger partial charge in [0.15, 0.2) is 5.82 Å². The van der Waals surface area contributed by atoms with E-state index in [1.807, 2.05) is 6.07 Å². The van der Waals surface area contributed by atoms with Crippen molar-refractivity contribution in [3.8, 4) is 5.75 Å². The largest absolute Gasteiger partial charge is 0.508 e. The van der Waals surface area contributed by atoms with Crippen molar-refractivity contribution in [2.75, 3.05) is 6.61 Å². The van der Waals surface area contributed by atoms with E-state index in [1.54, 1.807) is 18.2 Å². The van der Waals surface area contributed by atoms with Crippen LogP contribution in [0.25, 0.3) is 0 Å². The van der Waals surface area contributed by atoms with E-state index in [0.29, 0.717) is 24.6 Å². The Labute approximate surface area is 111 Å². The second-order valence-electron chi connectivity index (χ2n) is 4.79.